The van der Waals surface area contributed by atoms with E-state index in [1.807, 2.05) is 33.8 Å². The van der Waals surface area contributed by atoms with Crippen LogP contribution in [0, 0.1) is 12.3 Å². The third-order valence-corrected chi connectivity index (χ3v) is 3.34. The summed E-state index contributed by atoms with van der Waals surface area (Å²) in [7, 11) is 0. The van der Waals surface area contributed by atoms with E-state index in [0.717, 1.165) is 10.9 Å². The van der Waals surface area contributed by atoms with Gasteiger partial charge >= 0.3 is 5.97 Å². The molecule has 0 aliphatic rings. The van der Waals surface area contributed by atoms with Gasteiger partial charge in [0.2, 0.25) is 11.7 Å². The van der Waals surface area contributed by atoms with Crippen LogP contribution < -0.4 is 5.32 Å². The molecule has 1 amide bonds. The molecule has 0 unspecified atom stereocenters. The van der Waals surface area contributed by atoms with Crippen molar-refractivity contribution in [3.8, 4) is 0 Å². The van der Waals surface area contributed by atoms with Crippen LogP contribution >= 0.6 is 0 Å². The van der Waals surface area contributed by atoms with Gasteiger partial charge in [-0.3, -0.25) is 4.79 Å². The molecule has 0 saturated heterocycles. The monoisotopic (exact) mass is 303 g/mol. The molecule has 1 heterocycles. The number of benzene rings is 1. The van der Waals surface area contributed by atoms with Crippen molar-refractivity contribution in [2.75, 3.05) is 11.9 Å². The fourth-order valence-electron chi connectivity index (χ4n) is 2.01. The molecule has 118 valence electrons. The van der Waals surface area contributed by atoms with Crippen molar-refractivity contribution in [3.63, 3.8) is 0 Å². The summed E-state index contributed by atoms with van der Waals surface area (Å²) in [5, 5.41) is 3.67. The lowest BCUT2D eigenvalue weighted by atomic mass is 9.95. The van der Waals surface area contributed by atoms with Crippen molar-refractivity contribution in [2.24, 2.45) is 5.41 Å². The Morgan fingerprint density at radius 2 is 1.95 bits per heavy atom. The summed E-state index contributed by atoms with van der Waals surface area (Å²) < 4.78 is 10.6. The summed E-state index contributed by atoms with van der Waals surface area (Å²) >= 11 is 0. The first kappa shape index (κ1) is 16.1. The summed E-state index contributed by atoms with van der Waals surface area (Å²) in [5.41, 5.74) is 1.44. The number of aryl methyl sites for hydroxylation is 1. The standard InChI is InChI=1S/C17H21NO4/c1-6-21-15(19)14-10(2)12-8-7-11(9-13(12)22-14)18-16(20)17(3,4)5/h7-9H,6H2,1-5H3,(H,18,20). The predicted octanol–water partition coefficient (Wildman–Crippen LogP) is 3.90. The molecule has 0 saturated carbocycles. The number of rotatable bonds is 3. The molecule has 1 aromatic carbocycles. The molecule has 0 atom stereocenters. The van der Waals surface area contributed by atoms with Crippen LogP contribution in [0.4, 0.5) is 5.69 Å². The molecular weight excluding hydrogens is 282 g/mol. The maximum atomic E-state index is 12.0. The minimum Gasteiger partial charge on any atom is -0.460 e. The van der Waals surface area contributed by atoms with Gasteiger partial charge in [0.15, 0.2) is 0 Å². The number of carbonyl (C=O) groups is 2. The largest absolute Gasteiger partial charge is 0.460 e. The first-order chi connectivity index (χ1) is 10.2. The molecule has 5 heteroatoms. The zero-order chi connectivity index (χ0) is 16.5. The van der Waals surface area contributed by atoms with Gasteiger partial charge in [0.05, 0.1) is 6.61 Å². The van der Waals surface area contributed by atoms with Crippen LogP contribution in [0.3, 0.4) is 0 Å². The van der Waals surface area contributed by atoms with Gasteiger partial charge in [0, 0.05) is 28.1 Å². The van der Waals surface area contributed by atoms with Crippen LogP contribution in [0.5, 0.6) is 0 Å². The lowest BCUT2D eigenvalue weighted by Crippen LogP contribution is -2.27. The molecule has 0 aliphatic heterocycles. The molecule has 5 nitrogen and oxygen atoms in total. The van der Waals surface area contributed by atoms with Crippen molar-refractivity contribution in [2.45, 2.75) is 34.6 Å². The Kier molecular flexibility index (Phi) is 4.26. The number of anilines is 1. The minimum atomic E-state index is -0.482. The molecular formula is C17H21NO4. The highest BCUT2D eigenvalue weighted by Crippen LogP contribution is 2.29. The number of furan rings is 1. The smallest absolute Gasteiger partial charge is 0.374 e. The highest BCUT2D eigenvalue weighted by Gasteiger charge is 2.22. The van der Waals surface area contributed by atoms with E-state index in [-0.39, 0.29) is 11.7 Å². The van der Waals surface area contributed by atoms with E-state index in [0.29, 0.717) is 17.9 Å². The van der Waals surface area contributed by atoms with Crippen molar-refractivity contribution in [1.82, 2.24) is 0 Å². The number of amides is 1. The number of carbonyl (C=O) groups excluding carboxylic acids is 2. The Labute approximate surface area is 129 Å². The van der Waals surface area contributed by atoms with Crippen molar-refractivity contribution < 1.29 is 18.7 Å². The summed E-state index contributed by atoms with van der Waals surface area (Å²) in [6, 6.07) is 5.34. The molecule has 0 bridgehead atoms. The third kappa shape index (κ3) is 3.13. The number of esters is 1. The molecule has 1 aromatic heterocycles. The van der Waals surface area contributed by atoms with Gasteiger partial charge in [-0.05, 0) is 26.0 Å². The molecule has 1 N–H and O–H groups in total. The first-order valence-corrected chi connectivity index (χ1v) is 7.25. The van der Waals surface area contributed by atoms with E-state index in [2.05, 4.69) is 5.32 Å². The maximum absolute atomic E-state index is 12.0. The highest BCUT2D eigenvalue weighted by molar-refractivity contribution is 5.99. The van der Waals surface area contributed by atoms with E-state index in [4.69, 9.17) is 9.15 Å². The number of fused-ring (bicyclic) bond motifs is 1. The fourth-order valence-corrected chi connectivity index (χ4v) is 2.01. The predicted molar refractivity (Wildman–Crippen MR) is 85.0 cm³/mol. The number of ether oxygens (including phenoxy) is 1. The summed E-state index contributed by atoms with van der Waals surface area (Å²) in [5.74, 6) is -0.353. The lowest BCUT2D eigenvalue weighted by molar-refractivity contribution is -0.123. The molecule has 0 spiro atoms. The summed E-state index contributed by atoms with van der Waals surface area (Å²) in [6.07, 6.45) is 0. The summed E-state index contributed by atoms with van der Waals surface area (Å²) in [4.78, 5) is 23.9. The SMILES string of the molecule is CCOC(=O)c1oc2cc(NC(=O)C(C)(C)C)ccc2c1C. The average Bonchev–Trinajstić information content (AvgIpc) is 2.75. The Morgan fingerprint density at radius 3 is 2.55 bits per heavy atom. The van der Waals surface area contributed by atoms with Gasteiger partial charge in [0.1, 0.15) is 5.58 Å². The van der Waals surface area contributed by atoms with Crippen LogP contribution in [0.2, 0.25) is 0 Å². The Balaban J connectivity index is 2.35. The van der Waals surface area contributed by atoms with Crippen LogP contribution in [0.25, 0.3) is 11.0 Å². The van der Waals surface area contributed by atoms with Crippen molar-refractivity contribution in [1.29, 1.82) is 0 Å². The van der Waals surface area contributed by atoms with Gasteiger partial charge in [-0.2, -0.15) is 0 Å². The van der Waals surface area contributed by atoms with E-state index in [1.165, 1.54) is 0 Å². The Morgan fingerprint density at radius 1 is 1.27 bits per heavy atom. The van der Waals surface area contributed by atoms with Gasteiger partial charge in [-0.15, -0.1) is 0 Å². The van der Waals surface area contributed by atoms with Crippen molar-refractivity contribution >= 4 is 28.5 Å². The van der Waals surface area contributed by atoms with Gasteiger partial charge in [-0.25, -0.2) is 4.79 Å². The van der Waals surface area contributed by atoms with Gasteiger partial charge in [0.25, 0.3) is 0 Å². The topological polar surface area (TPSA) is 68.5 Å². The highest BCUT2D eigenvalue weighted by atomic mass is 16.5. The molecule has 22 heavy (non-hydrogen) atoms. The van der Waals surface area contributed by atoms with E-state index in [1.54, 1.807) is 19.1 Å². The first-order valence-electron chi connectivity index (χ1n) is 7.25. The molecule has 0 fully saturated rings. The van der Waals surface area contributed by atoms with Crippen LogP contribution in [0.15, 0.2) is 22.6 Å². The van der Waals surface area contributed by atoms with Crippen molar-refractivity contribution in [3.05, 3.63) is 29.5 Å². The second kappa shape index (κ2) is 5.83. The van der Waals surface area contributed by atoms with E-state index < -0.39 is 11.4 Å². The molecule has 0 aliphatic carbocycles. The maximum Gasteiger partial charge on any atom is 0.374 e. The molecule has 0 radical (unpaired) electrons. The molecule has 2 aromatic rings. The van der Waals surface area contributed by atoms with E-state index in [9.17, 15) is 9.59 Å². The Bertz CT molecular complexity index is 722. The number of nitrogens with one attached hydrogen (secondary N) is 1. The second-order valence-electron chi connectivity index (χ2n) is 6.19. The van der Waals surface area contributed by atoms with Crippen LogP contribution in [0.1, 0.15) is 43.8 Å². The third-order valence-electron chi connectivity index (χ3n) is 3.34. The zero-order valence-corrected chi connectivity index (χ0v) is 13.6. The lowest BCUT2D eigenvalue weighted by Gasteiger charge is -2.17. The second-order valence-corrected chi connectivity index (χ2v) is 6.19. The number of hydrogen-bond donors (Lipinski definition) is 1. The quantitative estimate of drug-likeness (QED) is 0.873. The molecule has 2 rings (SSSR count). The van der Waals surface area contributed by atoms with Crippen LogP contribution in [-0.2, 0) is 9.53 Å². The average molecular weight is 303 g/mol. The normalized spacial score (nSPS) is 11.5. The zero-order valence-electron chi connectivity index (χ0n) is 13.6. The fraction of sp³-hybridized carbons (Fsp3) is 0.412. The van der Waals surface area contributed by atoms with Gasteiger partial charge < -0.3 is 14.5 Å². The number of hydrogen-bond acceptors (Lipinski definition) is 4. The minimum absolute atomic E-state index is 0.0826. The summed E-state index contributed by atoms with van der Waals surface area (Å²) in [6.45, 7) is 9.38. The van der Waals surface area contributed by atoms with Crippen LogP contribution in [-0.4, -0.2) is 18.5 Å². The van der Waals surface area contributed by atoms with Gasteiger partial charge in [-0.1, -0.05) is 20.8 Å². The van der Waals surface area contributed by atoms with E-state index >= 15 is 0 Å². The Hall–Kier alpha value is -2.30.